The molecule has 14 heteroatoms. The third kappa shape index (κ3) is 7.16. The monoisotopic (exact) mass is 805 g/mol. The van der Waals surface area contributed by atoms with Crippen LogP contribution in [0, 0.1) is 22.2 Å². The summed E-state index contributed by atoms with van der Waals surface area (Å²) in [6, 6.07) is 15.0. The average molecular weight is 806 g/mol. The van der Waals surface area contributed by atoms with Gasteiger partial charge in [0.15, 0.2) is 17.5 Å². The molecular weight excluding hydrogens is 750 g/mol. The minimum atomic E-state index is -2.33. The maximum Gasteiger partial charge on any atom is 0.338 e. The number of ether oxygens (including phenoxy) is 4. The first-order valence-corrected chi connectivity index (χ1v) is 19.6. The number of Topliss-reactive ketones (excluding diaryl/α,β-unsaturated/α-hetero) is 1. The lowest BCUT2D eigenvalue weighted by Gasteiger charge is -2.67. The number of carbonyl (C=O) groups excluding carboxylic acids is 5. The zero-order valence-corrected chi connectivity index (χ0v) is 34.2. The van der Waals surface area contributed by atoms with Crippen LogP contribution >= 0.6 is 0 Å². The van der Waals surface area contributed by atoms with Gasteiger partial charge in [-0.3, -0.25) is 14.4 Å². The first-order chi connectivity index (χ1) is 27.0. The summed E-state index contributed by atoms with van der Waals surface area (Å²) >= 11 is 0. The number of carbonyl (C=O) groups is 5. The molecule has 3 fully saturated rings. The smallest absolute Gasteiger partial charge is 0.338 e. The molecule has 0 aromatic heterocycles. The second-order valence-corrected chi connectivity index (χ2v) is 18.2. The number of hydrogen-bond donors (Lipinski definition) is 5. The molecule has 2 bridgehead atoms. The first-order valence-electron chi connectivity index (χ1n) is 19.6. The predicted octanol–water partition coefficient (Wildman–Crippen LogP) is 3.29. The van der Waals surface area contributed by atoms with E-state index < -0.39 is 112 Å². The molecule has 1 heterocycles. The van der Waals surface area contributed by atoms with Crippen LogP contribution in [-0.2, 0) is 38.1 Å². The SMILES string of the molecule is CC(=O)O[C@@]12CO[C@@H]1C[C@H](O)[C@@]1(C)C(=O)[C@H](O)C3=C(C)[C@@H](OC(=O)[C@H](O)C(NC(=O)CC(C)(C)C)c4ccccc4)C[C@@](O)([C@@H](OC(=O)c4ccccc4)[C@H]21)C3(C)C. The Labute approximate surface area is 337 Å². The molecule has 6 rings (SSSR count). The molecule has 5 N–H and O–H groups in total. The van der Waals surface area contributed by atoms with Crippen molar-refractivity contribution in [3.05, 3.63) is 82.9 Å². The van der Waals surface area contributed by atoms with E-state index in [-0.39, 0.29) is 36.2 Å². The van der Waals surface area contributed by atoms with Crippen molar-refractivity contribution in [2.24, 2.45) is 22.2 Å². The fourth-order valence-electron chi connectivity index (χ4n) is 9.83. The highest BCUT2D eigenvalue weighted by molar-refractivity contribution is 5.94. The number of aliphatic hydroxyl groups excluding tert-OH is 3. The average Bonchev–Trinajstić information content (AvgIpc) is 3.14. The maximum absolute atomic E-state index is 15.0. The molecule has 11 atom stereocenters. The van der Waals surface area contributed by atoms with E-state index in [0.29, 0.717) is 5.56 Å². The van der Waals surface area contributed by atoms with Gasteiger partial charge >= 0.3 is 17.9 Å². The van der Waals surface area contributed by atoms with Gasteiger partial charge in [-0.25, -0.2) is 9.59 Å². The van der Waals surface area contributed by atoms with Crippen LogP contribution in [0.2, 0.25) is 0 Å². The zero-order chi connectivity index (χ0) is 42.7. The Kier molecular flexibility index (Phi) is 11.4. The standard InChI is InChI=1S/C44H55NO13/c1-23-27(56-39(53)34(50)32(25-15-11-9-12-16-25)45-30(48)21-40(3,4)5)20-44(54)37(57-38(52)26-17-13-10-14-18-26)35-42(8,36(51)33(49)31(23)41(44,6)7)28(47)19-29-43(35,22-55-29)58-24(2)46/h9-18,27-29,32-35,37,47,49-50,54H,19-22H2,1-8H3,(H,45,48)/t27-,28-,29+,32?,33+,34+,35-,37-,42+,43-,44+/m0/s1. The molecule has 14 nitrogen and oxygen atoms in total. The van der Waals surface area contributed by atoms with Crippen molar-refractivity contribution in [1.82, 2.24) is 5.32 Å². The molecule has 58 heavy (non-hydrogen) atoms. The van der Waals surface area contributed by atoms with Crippen molar-refractivity contribution < 1.29 is 63.3 Å². The van der Waals surface area contributed by atoms with Gasteiger partial charge in [-0.05, 0) is 48.1 Å². The van der Waals surface area contributed by atoms with Gasteiger partial charge in [-0.2, -0.15) is 0 Å². The summed E-state index contributed by atoms with van der Waals surface area (Å²) in [4.78, 5) is 69.2. The van der Waals surface area contributed by atoms with E-state index in [1.54, 1.807) is 62.4 Å². The van der Waals surface area contributed by atoms with E-state index in [1.807, 2.05) is 20.8 Å². The number of esters is 3. The minimum Gasteiger partial charge on any atom is -0.456 e. The van der Waals surface area contributed by atoms with Crippen LogP contribution in [0.4, 0.5) is 0 Å². The number of hydrogen-bond acceptors (Lipinski definition) is 13. The number of rotatable bonds is 9. The van der Waals surface area contributed by atoms with Gasteiger partial charge in [-0.15, -0.1) is 0 Å². The molecule has 0 spiro atoms. The number of ketones is 1. The lowest BCUT2D eigenvalue weighted by atomic mass is 9.44. The van der Waals surface area contributed by atoms with Gasteiger partial charge in [0.25, 0.3) is 0 Å². The van der Waals surface area contributed by atoms with Gasteiger partial charge in [0.05, 0.1) is 35.6 Å². The van der Waals surface area contributed by atoms with E-state index in [0.717, 1.165) is 6.92 Å². The number of nitrogens with one attached hydrogen (secondary N) is 1. The second kappa shape index (κ2) is 15.3. The van der Waals surface area contributed by atoms with E-state index in [2.05, 4.69) is 5.32 Å². The lowest BCUT2D eigenvalue weighted by Crippen LogP contribution is -2.81. The summed E-state index contributed by atoms with van der Waals surface area (Å²) < 4.78 is 24.2. The first kappa shape index (κ1) is 43.1. The Bertz CT molecular complexity index is 1970. The van der Waals surface area contributed by atoms with Crippen molar-refractivity contribution in [2.75, 3.05) is 6.61 Å². The van der Waals surface area contributed by atoms with Gasteiger partial charge < -0.3 is 44.7 Å². The summed E-state index contributed by atoms with van der Waals surface area (Å²) in [5, 5.41) is 51.9. The van der Waals surface area contributed by atoms with Crippen molar-refractivity contribution >= 4 is 29.6 Å². The van der Waals surface area contributed by atoms with E-state index in [1.165, 1.54) is 26.0 Å². The van der Waals surface area contributed by atoms with Gasteiger partial charge in [0.1, 0.15) is 30.0 Å². The summed E-state index contributed by atoms with van der Waals surface area (Å²) in [6.07, 6.45) is -10.3. The Morgan fingerprint density at radius 1 is 0.966 bits per heavy atom. The summed E-state index contributed by atoms with van der Waals surface area (Å²) in [5.74, 6) is -5.69. The Morgan fingerprint density at radius 3 is 2.12 bits per heavy atom. The molecule has 3 aliphatic carbocycles. The van der Waals surface area contributed by atoms with E-state index >= 15 is 0 Å². The number of fused-ring (bicyclic) bond motifs is 5. The predicted molar refractivity (Wildman–Crippen MR) is 206 cm³/mol. The van der Waals surface area contributed by atoms with Crippen molar-refractivity contribution in [2.45, 2.75) is 129 Å². The topological polar surface area (TPSA) is 215 Å². The molecule has 1 unspecified atom stereocenters. The Morgan fingerprint density at radius 2 is 1.57 bits per heavy atom. The van der Waals surface area contributed by atoms with Crippen molar-refractivity contribution in [3.63, 3.8) is 0 Å². The molecule has 4 aliphatic rings. The Balaban J connectivity index is 1.49. The van der Waals surface area contributed by atoms with Crippen LogP contribution in [0.3, 0.4) is 0 Å². The zero-order valence-electron chi connectivity index (χ0n) is 34.2. The normalized spacial score (nSPS) is 33.8. The van der Waals surface area contributed by atoms with Gasteiger partial charge in [-0.1, -0.05) is 83.1 Å². The number of benzene rings is 2. The largest absolute Gasteiger partial charge is 0.456 e. The minimum absolute atomic E-state index is 0.0437. The van der Waals surface area contributed by atoms with E-state index in [9.17, 15) is 44.4 Å². The third-order valence-corrected chi connectivity index (χ3v) is 12.9. The fourth-order valence-corrected chi connectivity index (χ4v) is 9.83. The number of aliphatic hydroxyl groups is 4. The summed E-state index contributed by atoms with van der Waals surface area (Å²) in [6.45, 7) is 12.5. The molecule has 0 radical (unpaired) electrons. The van der Waals surface area contributed by atoms with Crippen LogP contribution in [0.1, 0.15) is 96.6 Å². The molecule has 1 aliphatic heterocycles. The van der Waals surface area contributed by atoms with Crippen LogP contribution in [0.25, 0.3) is 0 Å². The molecule has 2 saturated carbocycles. The molecule has 2 aromatic rings. The van der Waals surface area contributed by atoms with Gasteiger partial charge in [0, 0.05) is 31.6 Å². The van der Waals surface area contributed by atoms with Crippen LogP contribution in [0.5, 0.6) is 0 Å². The quantitative estimate of drug-likeness (QED) is 0.140. The van der Waals surface area contributed by atoms with Crippen LogP contribution in [0.15, 0.2) is 71.8 Å². The molecule has 314 valence electrons. The molecular formula is C44H55NO13. The van der Waals surface area contributed by atoms with Crippen molar-refractivity contribution in [1.29, 1.82) is 0 Å². The highest BCUT2D eigenvalue weighted by atomic mass is 16.6. The number of amides is 1. The third-order valence-electron chi connectivity index (χ3n) is 12.9. The van der Waals surface area contributed by atoms with Crippen LogP contribution in [-0.4, -0.2) is 104 Å². The summed E-state index contributed by atoms with van der Waals surface area (Å²) in [5.41, 5.74) is -7.44. The molecule has 1 amide bonds. The second-order valence-electron chi connectivity index (χ2n) is 18.2. The Hall–Kier alpha value is -4.47. The lowest BCUT2D eigenvalue weighted by molar-refractivity contribution is -0.346. The van der Waals surface area contributed by atoms with E-state index in [4.69, 9.17) is 18.9 Å². The molecule has 2 aromatic carbocycles. The highest BCUT2D eigenvalue weighted by Crippen LogP contribution is 2.64. The fraction of sp³-hybridized carbons (Fsp3) is 0.568. The maximum atomic E-state index is 15.0. The molecule has 1 saturated heterocycles. The van der Waals surface area contributed by atoms with Crippen molar-refractivity contribution in [3.8, 4) is 0 Å². The highest BCUT2D eigenvalue weighted by Gasteiger charge is 2.78. The van der Waals surface area contributed by atoms with Gasteiger partial charge in [0.2, 0.25) is 5.91 Å². The summed E-state index contributed by atoms with van der Waals surface area (Å²) in [7, 11) is 0. The van der Waals surface area contributed by atoms with Crippen LogP contribution < -0.4 is 5.32 Å².